The van der Waals surface area contributed by atoms with E-state index in [1.54, 1.807) is 0 Å². The minimum atomic E-state index is -0.281. The number of unbranched alkanes of at least 4 members (excludes halogenated alkanes) is 4. The lowest BCUT2D eigenvalue weighted by atomic mass is 9.84. The molecule has 2 aromatic carbocycles. The van der Waals surface area contributed by atoms with Crippen molar-refractivity contribution >= 4 is 17.0 Å². The number of ether oxygens (including phenoxy) is 1. The Balaban J connectivity index is 1.60. The first kappa shape index (κ1) is 26.7. The predicted molar refractivity (Wildman–Crippen MR) is 141 cm³/mol. The molecule has 1 aromatic heterocycles. The molecule has 0 saturated carbocycles. The number of carbonyl (C=O) groups excluding carboxylic acids is 1. The van der Waals surface area contributed by atoms with E-state index in [-0.39, 0.29) is 17.1 Å². The quantitative estimate of drug-likeness (QED) is 0.226. The number of phenolic OH excluding ortho intramolecular Hbond substituents is 1. The molecule has 3 rings (SSSR count). The second kappa shape index (κ2) is 12.2. The summed E-state index contributed by atoms with van der Waals surface area (Å²) in [7, 11) is 0. The maximum Gasteiger partial charge on any atom is 0.306 e. The van der Waals surface area contributed by atoms with Gasteiger partial charge in [0.2, 0.25) is 0 Å². The lowest BCUT2D eigenvalue weighted by Crippen LogP contribution is -2.14. The number of carbonyl (C=O) groups is 1. The lowest BCUT2D eigenvalue weighted by molar-refractivity contribution is -0.143. The molecule has 0 amide bonds. The minimum Gasteiger partial charge on any atom is -0.505 e. The summed E-state index contributed by atoms with van der Waals surface area (Å²) < 4.78 is 5.47. The summed E-state index contributed by atoms with van der Waals surface area (Å²) in [6, 6.07) is 11.5. The van der Waals surface area contributed by atoms with Gasteiger partial charge in [0.25, 0.3) is 0 Å². The van der Waals surface area contributed by atoms with Crippen molar-refractivity contribution in [3.8, 4) is 11.4 Å². The van der Waals surface area contributed by atoms with Crippen LogP contribution in [-0.2, 0) is 21.4 Å². The number of phenols is 1. The molecule has 1 N–H and O–H groups in total. The Labute approximate surface area is 209 Å². The van der Waals surface area contributed by atoms with E-state index in [1.165, 1.54) is 30.5 Å². The minimum absolute atomic E-state index is 0.164. The molecular formula is C29H41N3O3. The Hall–Kier alpha value is -2.89. The molecule has 35 heavy (non-hydrogen) atoms. The number of hydrogen-bond acceptors (Lipinski definition) is 5. The zero-order valence-electron chi connectivity index (χ0n) is 22.0. The summed E-state index contributed by atoms with van der Waals surface area (Å²) in [6.45, 7) is 11.2. The van der Waals surface area contributed by atoms with Gasteiger partial charge in [0.05, 0.1) is 6.61 Å². The predicted octanol–water partition coefficient (Wildman–Crippen LogP) is 6.90. The van der Waals surface area contributed by atoms with Crippen molar-refractivity contribution in [3.05, 3.63) is 47.5 Å². The fourth-order valence-electron chi connectivity index (χ4n) is 4.20. The zero-order chi connectivity index (χ0) is 25.4. The Bertz CT molecular complexity index is 1080. The van der Waals surface area contributed by atoms with E-state index >= 15 is 0 Å². The molecule has 6 heteroatoms. The highest BCUT2D eigenvalue weighted by Crippen LogP contribution is 2.36. The first-order valence-corrected chi connectivity index (χ1v) is 13.0. The molecule has 0 aliphatic heterocycles. The van der Waals surface area contributed by atoms with Crippen molar-refractivity contribution in [1.29, 1.82) is 0 Å². The standard InChI is InChI=1S/C29H41N3O3/c1-21(2)13-9-7-6-8-12-18-35-27(33)17-16-22-19-23(29(3,4)5)28(34)26(20-22)32-30-24-14-10-11-15-25(24)31-32/h10-11,14-15,19-21,34H,6-9,12-13,16-18H2,1-5H3. The van der Waals surface area contributed by atoms with Crippen LogP contribution in [-0.4, -0.2) is 32.7 Å². The van der Waals surface area contributed by atoms with E-state index in [0.29, 0.717) is 25.1 Å². The van der Waals surface area contributed by atoms with Crippen LogP contribution in [0.5, 0.6) is 5.75 Å². The second-order valence-electron chi connectivity index (χ2n) is 10.9. The highest BCUT2D eigenvalue weighted by Gasteiger charge is 2.23. The molecular weight excluding hydrogens is 438 g/mol. The molecule has 3 aromatic rings. The Morgan fingerprint density at radius 2 is 1.63 bits per heavy atom. The largest absolute Gasteiger partial charge is 0.505 e. The number of nitrogens with zero attached hydrogens (tertiary/aromatic N) is 3. The number of aromatic nitrogens is 3. The highest BCUT2D eigenvalue weighted by molar-refractivity contribution is 5.74. The average Bonchev–Trinajstić information content (AvgIpc) is 3.23. The fraction of sp³-hybridized carbons (Fsp3) is 0.552. The third kappa shape index (κ3) is 7.81. The van der Waals surface area contributed by atoms with Crippen LogP contribution in [0.2, 0.25) is 0 Å². The van der Waals surface area contributed by atoms with E-state index in [2.05, 4.69) is 44.8 Å². The number of fused-ring (bicyclic) bond motifs is 1. The van der Waals surface area contributed by atoms with Crippen LogP contribution in [0, 0.1) is 5.92 Å². The van der Waals surface area contributed by atoms with Crippen LogP contribution in [0.4, 0.5) is 0 Å². The molecule has 0 spiro atoms. The Kier molecular flexibility index (Phi) is 9.30. The van der Waals surface area contributed by atoms with Gasteiger partial charge >= 0.3 is 5.97 Å². The van der Waals surface area contributed by atoms with Gasteiger partial charge in [-0.15, -0.1) is 15.0 Å². The number of benzene rings is 2. The van der Waals surface area contributed by atoms with Gasteiger partial charge in [0.1, 0.15) is 22.5 Å². The zero-order valence-corrected chi connectivity index (χ0v) is 22.0. The van der Waals surface area contributed by atoms with Crippen LogP contribution in [0.1, 0.15) is 90.7 Å². The molecule has 0 fully saturated rings. The van der Waals surface area contributed by atoms with Crippen LogP contribution in [0.25, 0.3) is 16.7 Å². The lowest BCUT2D eigenvalue weighted by Gasteiger charge is -2.23. The molecule has 0 atom stereocenters. The molecule has 0 aliphatic carbocycles. The van der Waals surface area contributed by atoms with E-state index in [1.807, 2.05) is 36.4 Å². The molecule has 0 aliphatic rings. The van der Waals surface area contributed by atoms with E-state index in [4.69, 9.17) is 4.74 Å². The monoisotopic (exact) mass is 479 g/mol. The first-order valence-electron chi connectivity index (χ1n) is 13.0. The molecule has 0 saturated heterocycles. The molecule has 0 unspecified atom stereocenters. The summed E-state index contributed by atoms with van der Waals surface area (Å²) in [4.78, 5) is 13.8. The van der Waals surface area contributed by atoms with Crippen molar-refractivity contribution in [1.82, 2.24) is 15.0 Å². The Morgan fingerprint density at radius 1 is 1.00 bits per heavy atom. The van der Waals surface area contributed by atoms with E-state index < -0.39 is 0 Å². The van der Waals surface area contributed by atoms with Gasteiger partial charge in [0, 0.05) is 12.0 Å². The van der Waals surface area contributed by atoms with Crippen molar-refractivity contribution in [2.75, 3.05) is 6.61 Å². The first-order chi connectivity index (χ1) is 16.6. The van der Waals surface area contributed by atoms with E-state index in [0.717, 1.165) is 40.9 Å². The van der Waals surface area contributed by atoms with Gasteiger partial charge in [0.15, 0.2) is 0 Å². The summed E-state index contributed by atoms with van der Waals surface area (Å²) in [5.74, 6) is 0.757. The summed E-state index contributed by atoms with van der Waals surface area (Å²) in [5.41, 5.74) is 3.52. The summed E-state index contributed by atoms with van der Waals surface area (Å²) >= 11 is 0. The maximum atomic E-state index is 12.3. The normalized spacial score (nSPS) is 11.9. The van der Waals surface area contributed by atoms with Crippen LogP contribution < -0.4 is 0 Å². The number of aromatic hydroxyl groups is 1. The molecule has 1 heterocycles. The van der Waals surface area contributed by atoms with Crippen molar-refractivity contribution < 1.29 is 14.6 Å². The average molecular weight is 480 g/mol. The SMILES string of the molecule is CC(C)CCCCCCCOC(=O)CCc1cc(-n2nc3ccccc3n2)c(O)c(C(C)(C)C)c1. The third-order valence-electron chi connectivity index (χ3n) is 6.27. The summed E-state index contributed by atoms with van der Waals surface area (Å²) in [6.07, 6.45) is 7.89. The third-order valence-corrected chi connectivity index (χ3v) is 6.27. The maximum absolute atomic E-state index is 12.3. The number of hydrogen-bond donors (Lipinski definition) is 1. The van der Waals surface area contributed by atoms with Crippen molar-refractivity contribution in [2.24, 2.45) is 5.92 Å². The van der Waals surface area contributed by atoms with Crippen LogP contribution in [0.15, 0.2) is 36.4 Å². The molecule has 0 bridgehead atoms. The van der Waals surface area contributed by atoms with Gasteiger partial charge < -0.3 is 9.84 Å². The van der Waals surface area contributed by atoms with Gasteiger partial charge in [-0.3, -0.25) is 4.79 Å². The van der Waals surface area contributed by atoms with Gasteiger partial charge in [-0.25, -0.2) is 0 Å². The molecule has 6 nitrogen and oxygen atoms in total. The van der Waals surface area contributed by atoms with Crippen LogP contribution >= 0.6 is 0 Å². The topological polar surface area (TPSA) is 77.2 Å². The second-order valence-corrected chi connectivity index (χ2v) is 10.9. The Morgan fingerprint density at radius 3 is 2.26 bits per heavy atom. The highest BCUT2D eigenvalue weighted by atomic mass is 16.5. The van der Waals surface area contributed by atoms with Gasteiger partial charge in [-0.05, 0) is 47.9 Å². The van der Waals surface area contributed by atoms with Crippen molar-refractivity contribution in [2.45, 2.75) is 91.4 Å². The van der Waals surface area contributed by atoms with Crippen LogP contribution in [0.3, 0.4) is 0 Å². The van der Waals surface area contributed by atoms with Gasteiger partial charge in [-0.1, -0.05) is 84.9 Å². The fourth-order valence-corrected chi connectivity index (χ4v) is 4.20. The number of aryl methyl sites for hydroxylation is 1. The van der Waals surface area contributed by atoms with Crippen molar-refractivity contribution in [3.63, 3.8) is 0 Å². The smallest absolute Gasteiger partial charge is 0.306 e. The molecule has 190 valence electrons. The number of rotatable bonds is 12. The summed E-state index contributed by atoms with van der Waals surface area (Å²) in [5, 5.41) is 20.1. The molecule has 0 radical (unpaired) electrons. The van der Waals surface area contributed by atoms with Gasteiger partial charge in [-0.2, -0.15) is 0 Å². The van der Waals surface area contributed by atoms with E-state index in [9.17, 15) is 9.90 Å². The number of esters is 1.